The maximum atomic E-state index is 12.7. The number of aromatic nitrogens is 4. The molecule has 26 heavy (non-hydrogen) atoms. The van der Waals surface area contributed by atoms with E-state index in [9.17, 15) is 4.79 Å². The zero-order chi connectivity index (χ0) is 18.4. The Morgan fingerprint density at radius 3 is 2.54 bits per heavy atom. The summed E-state index contributed by atoms with van der Waals surface area (Å²) in [5, 5.41) is 7.68. The molecule has 0 atom stereocenters. The molecule has 3 aromatic heterocycles. The van der Waals surface area contributed by atoms with Gasteiger partial charge >= 0.3 is 0 Å². The van der Waals surface area contributed by atoms with Gasteiger partial charge in [0.05, 0.1) is 16.6 Å². The van der Waals surface area contributed by atoms with Crippen LogP contribution in [-0.4, -0.2) is 33.4 Å². The van der Waals surface area contributed by atoms with Crippen LogP contribution in [0.5, 0.6) is 0 Å². The van der Waals surface area contributed by atoms with Gasteiger partial charge in [0.1, 0.15) is 0 Å². The minimum absolute atomic E-state index is 0.122. The van der Waals surface area contributed by atoms with Crippen LogP contribution >= 0.6 is 11.6 Å². The molecule has 0 unspecified atom stereocenters. The molecule has 6 nitrogen and oxygen atoms in total. The Kier molecular flexibility index (Phi) is 3.92. The number of hydrogen-bond donors (Lipinski definition) is 0. The van der Waals surface area contributed by atoms with Crippen LogP contribution in [0.1, 0.15) is 12.6 Å². The zero-order valence-corrected chi connectivity index (χ0v) is 15.5. The third-order valence-electron chi connectivity index (χ3n) is 4.46. The van der Waals surface area contributed by atoms with E-state index >= 15 is 0 Å². The van der Waals surface area contributed by atoms with Crippen LogP contribution in [0.3, 0.4) is 0 Å². The summed E-state index contributed by atoms with van der Waals surface area (Å²) in [6.45, 7) is 2.06. The molecular weight excluding hydrogens is 350 g/mol. The minimum Gasteiger partial charge on any atom is -0.316 e. The van der Waals surface area contributed by atoms with Crippen molar-refractivity contribution in [3.63, 3.8) is 0 Å². The fourth-order valence-corrected chi connectivity index (χ4v) is 3.30. The molecule has 132 valence electrons. The van der Waals surface area contributed by atoms with Crippen molar-refractivity contribution in [1.29, 1.82) is 0 Å². The highest BCUT2D eigenvalue weighted by molar-refractivity contribution is 6.30. The highest BCUT2D eigenvalue weighted by atomic mass is 35.5. The minimum atomic E-state index is -0.122. The lowest BCUT2D eigenvalue weighted by Crippen LogP contribution is -2.35. The van der Waals surface area contributed by atoms with Crippen molar-refractivity contribution in [1.82, 2.24) is 19.3 Å². The maximum absolute atomic E-state index is 12.7. The average Bonchev–Trinajstić information content (AvgIpc) is 3.01. The highest BCUT2D eigenvalue weighted by Gasteiger charge is 2.17. The van der Waals surface area contributed by atoms with E-state index in [1.165, 1.54) is 0 Å². The van der Waals surface area contributed by atoms with Crippen molar-refractivity contribution < 1.29 is 0 Å². The van der Waals surface area contributed by atoms with Gasteiger partial charge in [0.15, 0.2) is 5.65 Å². The first-order valence-electron chi connectivity index (χ1n) is 8.36. The average molecular weight is 368 g/mol. The second-order valence-electron chi connectivity index (χ2n) is 6.29. The van der Waals surface area contributed by atoms with Gasteiger partial charge in [-0.25, -0.2) is 14.2 Å². The number of hydrogen-bond acceptors (Lipinski definition) is 4. The highest BCUT2D eigenvalue weighted by Crippen LogP contribution is 2.30. The Morgan fingerprint density at radius 1 is 1.15 bits per heavy atom. The third-order valence-corrected chi connectivity index (χ3v) is 4.72. The van der Waals surface area contributed by atoms with E-state index in [2.05, 4.69) is 11.9 Å². The predicted octanol–water partition coefficient (Wildman–Crippen LogP) is 3.12. The second kappa shape index (κ2) is 6.14. The molecule has 0 saturated carbocycles. The Labute approximate surface area is 155 Å². The van der Waals surface area contributed by atoms with Crippen molar-refractivity contribution >= 4 is 28.2 Å². The first-order valence-corrected chi connectivity index (χ1v) is 8.74. The maximum Gasteiger partial charge on any atom is 0.279 e. The first kappa shape index (κ1) is 16.6. The number of halogens is 1. The van der Waals surface area contributed by atoms with E-state index in [0.29, 0.717) is 10.4 Å². The summed E-state index contributed by atoms with van der Waals surface area (Å²) in [7, 11) is 3.64. The van der Waals surface area contributed by atoms with Crippen molar-refractivity contribution in [3.8, 4) is 11.1 Å². The first-order chi connectivity index (χ1) is 12.5. The number of fused-ring (bicyclic) bond motifs is 3. The van der Waals surface area contributed by atoms with E-state index in [1.54, 1.807) is 26.6 Å². The summed E-state index contributed by atoms with van der Waals surface area (Å²) in [6.07, 6.45) is 4.14. The standard InChI is InChI=1S/C19H18ClN5O/c1-4-15-17(12-5-7-13(20)8-6-12)18-21-11-14-16(25(18)22-15)9-10-24(19(14)26)23(2)3/h5-11H,4H2,1-3H3. The topological polar surface area (TPSA) is 55.4 Å². The smallest absolute Gasteiger partial charge is 0.279 e. The van der Waals surface area contributed by atoms with E-state index < -0.39 is 0 Å². The molecule has 0 aliphatic heterocycles. The molecule has 0 radical (unpaired) electrons. The number of aryl methyl sites for hydroxylation is 1. The molecule has 0 spiro atoms. The molecule has 0 amide bonds. The van der Waals surface area contributed by atoms with Gasteiger partial charge in [-0.3, -0.25) is 4.79 Å². The quantitative estimate of drug-likeness (QED) is 0.558. The van der Waals surface area contributed by atoms with Gasteiger partial charge in [0.2, 0.25) is 0 Å². The summed E-state index contributed by atoms with van der Waals surface area (Å²) in [5.41, 5.74) is 4.27. The Morgan fingerprint density at radius 2 is 1.88 bits per heavy atom. The molecule has 0 bridgehead atoms. The SMILES string of the molecule is CCc1nn2c(ncc3c(=O)n(N(C)C)ccc32)c1-c1ccc(Cl)cc1. The van der Waals surface area contributed by atoms with Crippen molar-refractivity contribution in [3.05, 3.63) is 63.8 Å². The van der Waals surface area contributed by atoms with Crippen LogP contribution in [-0.2, 0) is 6.42 Å². The van der Waals surface area contributed by atoms with Gasteiger partial charge in [0, 0.05) is 37.1 Å². The number of pyridine rings is 1. The van der Waals surface area contributed by atoms with Gasteiger partial charge in [0.25, 0.3) is 5.56 Å². The summed E-state index contributed by atoms with van der Waals surface area (Å²) in [4.78, 5) is 17.3. The Bertz CT molecular complexity index is 1170. The van der Waals surface area contributed by atoms with Crippen LogP contribution in [0, 0.1) is 0 Å². The lowest BCUT2D eigenvalue weighted by molar-refractivity contribution is 0.705. The van der Waals surface area contributed by atoms with E-state index in [0.717, 1.165) is 34.4 Å². The summed E-state index contributed by atoms with van der Waals surface area (Å²) in [5.74, 6) is 0. The number of nitrogens with zero attached hydrogens (tertiary/aromatic N) is 5. The number of benzene rings is 1. The van der Waals surface area contributed by atoms with E-state index in [-0.39, 0.29) is 5.56 Å². The van der Waals surface area contributed by atoms with Crippen molar-refractivity contribution in [2.75, 3.05) is 19.1 Å². The molecule has 0 fully saturated rings. The van der Waals surface area contributed by atoms with Crippen molar-refractivity contribution in [2.45, 2.75) is 13.3 Å². The molecule has 0 aliphatic rings. The van der Waals surface area contributed by atoms with Crippen LogP contribution < -0.4 is 10.6 Å². The molecule has 1 aromatic carbocycles. The molecule has 3 heterocycles. The third kappa shape index (κ3) is 2.45. The zero-order valence-electron chi connectivity index (χ0n) is 14.8. The lowest BCUT2D eigenvalue weighted by Gasteiger charge is -2.15. The summed E-state index contributed by atoms with van der Waals surface area (Å²) < 4.78 is 3.31. The molecule has 0 N–H and O–H groups in total. The molecule has 7 heteroatoms. The van der Waals surface area contributed by atoms with Crippen LogP contribution in [0.15, 0.2) is 47.5 Å². The molecule has 0 aliphatic carbocycles. The largest absolute Gasteiger partial charge is 0.316 e. The lowest BCUT2D eigenvalue weighted by atomic mass is 10.0. The normalized spacial score (nSPS) is 11.4. The molecule has 4 rings (SSSR count). The van der Waals surface area contributed by atoms with E-state index in [4.69, 9.17) is 16.7 Å². The predicted molar refractivity (Wildman–Crippen MR) is 105 cm³/mol. The van der Waals surface area contributed by atoms with Gasteiger partial charge < -0.3 is 5.01 Å². The van der Waals surface area contributed by atoms with E-state index in [1.807, 2.05) is 44.4 Å². The number of rotatable bonds is 3. The molecule has 0 saturated heterocycles. The van der Waals surface area contributed by atoms with Gasteiger partial charge in [-0.1, -0.05) is 30.7 Å². The van der Waals surface area contributed by atoms with Gasteiger partial charge in [-0.05, 0) is 30.2 Å². The molecular formula is C19H18ClN5O. The van der Waals surface area contributed by atoms with Crippen molar-refractivity contribution in [2.24, 2.45) is 0 Å². The van der Waals surface area contributed by atoms with Gasteiger partial charge in [-0.2, -0.15) is 5.10 Å². The van der Waals surface area contributed by atoms with Crippen LogP contribution in [0.4, 0.5) is 0 Å². The van der Waals surface area contributed by atoms with Gasteiger partial charge in [-0.15, -0.1) is 0 Å². The van der Waals surface area contributed by atoms with Crippen LogP contribution in [0.25, 0.3) is 27.7 Å². The van der Waals surface area contributed by atoms with Crippen LogP contribution in [0.2, 0.25) is 5.02 Å². The fraction of sp³-hybridized carbons (Fsp3) is 0.211. The summed E-state index contributed by atoms with van der Waals surface area (Å²) >= 11 is 6.02. The monoisotopic (exact) mass is 367 g/mol. The second-order valence-corrected chi connectivity index (χ2v) is 6.72. The Hall–Kier alpha value is -2.86. The fourth-order valence-electron chi connectivity index (χ4n) is 3.18. The molecule has 4 aromatic rings. The summed E-state index contributed by atoms with van der Waals surface area (Å²) in [6, 6.07) is 9.54. The Balaban J connectivity index is 2.06.